The van der Waals surface area contributed by atoms with Gasteiger partial charge in [0.15, 0.2) is 0 Å². The lowest BCUT2D eigenvalue weighted by molar-refractivity contribution is 0.414. The van der Waals surface area contributed by atoms with Gasteiger partial charge < -0.3 is 10.5 Å². The van der Waals surface area contributed by atoms with Gasteiger partial charge in [-0.15, -0.1) is 0 Å². The molecule has 0 radical (unpaired) electrons. The van der Waals surface area contributed by atoms with Crippen molar-refractivity contribution in [2.75, 3.05) is 17.6 Å². The van der Waals surface area contributed by atoms with Gasteiger partial charge in [-0.25, -0.2) is 13.1 Å². The van der Waals surface area contributed by atoms with Crippen LogP contribution in [0.4, 0.5) is 11.5 Å². The van der Waals surface area contributed by atoms with E-state index >= 15 is 0 Å². The molecule has 0 fully saturated rings. The van der Waals surface area contributed by atoms with Crippen LogP contribution in [0.2, 0.25) is 0 Å². The van der Waals surface area contributed by atoms with Crippen LogP contribution in [0.15, 0.2) is 59.6 Å². The molecule has 8 nitrogen and oxygen atoms in total. The third-order valence-electron chi connectivity index (χ3n) is 3.67. The smallest absolute Gasteiger partial charge is 0.261 e. The molecule has 26 heavy (non-hydrogen) atoms. The monoisotopic (exact) mass is 369 g/mol. The molecule has 0 amide bonds. The van der Waals surface area contributed by atoms with Gasteiger partial charge in [0.2, 0.25) is 0 Å². The maximum atomic E-state index is 12.7. The number of nitrogens with zero attached hydrogens (tertiary/aromatic N) is 3. The molecule has 0 aliphatic heterocycles. The van der Waals surface area contributed by atoms with Gasteiger partial charge in [-0.2, -0.15) is 10.4 Å². The number of rotatable bonds is 5. The summed E-state index contributed by atoms with van der Waals surface area (Å²) in [5.74, 6) is 0.682. The van der Waals surface area contributed by atoms with Crippen LogP contribution >= 0.6 is 0 Å². The minimum atomic E-state index is -3.83. The topological polar surface area (TPSA) is 123 Å². The van der Waals surface area contributed by atoms with Crippen molar-refractivity contribution in [3.05, 3.63) is 60.3 Å². The van der Waals surface area contributed by atoms with Gasteiger partial charge in [-0.3, -0.25) is 4.72 Å². The van der Waals surface area contributed by atoms with Crippen molar-refractivity contribution in [2.24, 2.45) is 0 Å². The van der Waals surface area contributed by atoms with Crippen molar-refractivity contribution in [1.29, 1.82) is 5.26 Å². The number of ether oxygens (including phenoxy) is 1. The molecule has 1 aromatic heterocycles. The van der Waals surface area contributed by atoms with Crippen LogP contribution in [0.3, 0.4) is 0 Å². The molecule has 0 saturated carbocycles. The van der Waals surface area contributed by atoms with E-state index < -0.39 is 10.0 Å². The number of aromatic nitrogens is 2. The van der Waals surface area contributed by atoms with E-state index in [2.05, 4.69) is 9.82 Å². The third-order valence-corrected chi connectivity index (χ3v) is 5.05. The summed E-state index contributed by atoms with van der Waals surface area (Å²) in [6, 6.07) is 14.6. The van der Waals surface area contributed by atoms with E-state index in [-0.39, 0.29) is 22.0 Å². The van der Waals surface area contributed by atoms with Gasteiger partial charge >= 0.3 is 0 Å². The van der Waals surface area contributed by atoms with Gasteiger partial charge in [0.1, 0.15) is 23.2 Å². The fraction of sp³-hybridized carbons (Fsp3) is 0.0588. The first-order valence-electron chi connectivity index (χ1n) is 7.46. The van der Waals surface area contributed by atoms with Crippen LogP contribution in [0.25, 0.3) is 5.69 Å². The predicted molar refractivity (Wildman–Crippen MR) is 96.5 cm³/mol. The third kappa shape index (κ3) is 3.18. The molecule has 1 heterocycles. The summed E-state index contributed by atoms with van der Waals surface area (Å²) < 4.78 is 34.2. The second-order valence-electron chi connectivity index (χ2n) is 5.27. The highest BCUT2D eigenvalue weighted by Crippen LogP contribution is 2.26. The summed E-state index contributed by atoms with van der Waals surface area (Å²) in [7, 11) is -2.33. The molecule has 0 bridgehead atoms. The molecule has 3 aromatic rings. The molecule has 3 rings (SSSR count). The molecule has 9 heteroatoms. The first-order chi connectivity index (χ1) is 12.5. The first kappa shape index (κ1) is 17.3. The van der Waals surface area contributed by atoms with Gasteiger partial charge in [0.25, 0.3) is 10.0 Å². The maximum absolute atomic E-state index is 12.7. The van der Waals surface area contributed by atoms with Crippen LogP contribution in [-0.4, -0.2) is 25.3 Å². The Morgan fingerprint density at radius 3 is 2.50 bits per heavy atom. The van der Waals surface area contributed by atoms with Gasteiger partial charge in [-0.1, -0.05) is 12.1 Å². The number of para-hydroxylation sites is 2. The number of nitrogens with one attached hydrogen (secondary N) is 1. The van der Waals surface area contributed by atoms with E-state index in [1.165, 1.54) is 30.1 Å². The summed E-state index contributed by atoms with van der Waals surface area (Å²) in [5, 5.41) is 13.1. The summed E-state index contributed by atoms with van der Waals surface area (Å²) in [6.07, 6.45) is 1.32. The molecule has 0 aliphatic carbocycles. The number of nitrogens with two attached hydrogens (primary N) is 1. The van der Waals surface area contributed by atoms with Crippen molar-refractivity contribution < 1.29 is 13.2 Å². The largest absolute Gasteiger partial charge is 0.497 e. The first-order valence-corrected chi connectivity index (χ1v) is 8.94. The Bertz CT molecular complexity index is 1080. The maximum Gasteiger partial charge on any atom is 0.261 e. The van der Waals surface area contributed by atoms with Gasteiger partial charge in [-0.05, 0) is 36.4 Å². The van der Waals surface area contributed by atoms with Crippen LogP contribution in [0.5, 0.6) is 5.75 Å². The van der Waals surface area contributed by atoms with Gasteiger partial charge in [0.05, 0.1) is 29.6 Å². The Morgan fingerprint density at radius 1 is 1.19 bits per heavy atom. The van der Waals surface area contributed by atoms with Crippen LogP contribution in [-0.2, 0) is 10.0 Å². The highest BCUT2D eigenvalue weighted by Gasteiger charge is 2.18. The van der Waals surface area contributed by atoms with Crippen LogP contribution < -0.4 is 15.2 Å². The predicted octanol–water partition coefficient (Wildman–Crippen LogP) is 2.14. The fourth-order valence-corrected chi connectivity index (χ4v) is 3.41. The molecule has 0 atom stereocenters. The van der Waals surface area contributed by atoms with Crippen molar-refractivity contribution in [1.82, 2.24) is 9.78 Å². The lowest BCUT2D eigenvalue weighted by Crippen LogP contribution is -2.15. The molecule has 0 spiro atoms. The molecule has 0 unspecified atom stereocenters. The zero-order valence-corrected chi connectivity index (χ0v) is 14.6. The molecule has 132 valence electrons. The summed E-state index contributed by atoms with van der Waals surface area (Å²) >= 11 is 0. The molecule has 0 aliphatic rings. The number of nitrogen functional groups attached to an aromatic ring is 1. The highest BCUT2D eigenvalue weighted by atomic mass is 32.2. The Balaban J connectivity index is 2.00. The van der Waals surface area contributed by atoms with Crippen LogP contribution in [0, 0.1) is 11.3 Å². The van der Waals surface area contributed by atoms with E-state index in [0.29, 0.717) is 11.4 Å². The number of benzene rings is 2. The van der Waals surface area contributed by atoms with E-state index in [1.807, 2.05) is 6.07 Å². The Hall–Kier alpha value is -3.51. The summed E-state index contributed by atoms with van der Waals surface area (Å²) in [5.41, 5.74) is 6.80. The molecular formula is C17H15N5O3S. The lowest BCUT2D eigenvalue weighted by Gasteiger charge is -2.13. The van der Waals surface area contributed by atoms with E-state index in [1.54, 1.807) is 36.4 Å². The summed E-state index contributed by atoms with van der Waals surface area (Å²) in [6.45, 7) is 0. The number of hydrogen-bond donors (Lipinski definition) is 2. The van der Waals surface area contributed by atoms with E-state index in [9.17, 15) is 8.42 Å². The Kier molecular flexibility index (Phi) is 4.51. The van der Waals surface area contributed by atoms with Crippen molar-refractivity contribution in [3.8, 4) is 17.5 Å². The summed E-state index contributed by atoms with van der Waals surface area (Å²) in [4.78, 5) is 0.0826. The Morgan fingerprint density at radius 2 is 1.88 bits per heavy atom. The second kappa shape index (κ2) is 6.78. The molecule has 3 N–H and O–H groups in total. The van der Waals surface area contributed by atoms with Gasteiger partial charge in [0, 0.05) is 0 Å². The van der Waals surface area contributed by atoms with E-state index in [4.69, 9.17) is 15.7 Å². The highest BCUT2D eigenvalue weighted by molar-refractivity contribution is 7.92. The van der Waals surface area contributed by atoms with Crippen molar-refractivity contribution in [3.63, 3.8) is 0 Å². The zero-order chi connectivity index (χ0) is 18.7. The zero-order valence-electron chi connectivity index (χ0n) is 13.7. The van der Waals surface area contributed by atoms with Crippen molar-refractivity contribution in [2.45, 2.75) is 4.90 Å². The minimum absolute atomic E-state index is 0.0826. The molecular weight excluding hydrogens is 354 g/mol. The number of hydrogen-bond acceptors (Lipinski definition) is 6. The second-order valence-corrected chi connectivity index (χ2v) is 6.95. The van der Waals surface area contributed by atoms with E-state index in [0.717, 1.165) is 0 Å². The minimum Gasteiger partial charge on any atom is -0.497 e. The average molecular weight is 369 g/mol. The normalized spacial score (nSPS) is 10.9. The van der Waals surface area contributed by atoms with Crippen LogP contribution in [0.1, 0.15) is 5.56 Å². The standard InChI is InChI=1S/C17H15N5O3S/c1-25-13-6-8-14(9-7-13)26(23,24)21-15-4-2-3-5-16(15)22-17(19)12(10-18)11-20-22/h2-9,11,21H,19H2,1H3. The van der Waals surface area contributed by atoms with Crippen molar-refractivity contribution >= 4 is 21.5 Å². The SMILES string of the molecule is COc1ccc(S(=O)(=O)Nc2ccccc2-n2ncc(C#N)c2N)cc1. The average Bonchev–Trinajstić information content (AvgIpc) is 3.02. The molecule has 2 aromatic carbocycles. The lowest BCUT2D eigenvalue weighted by atomic mass is 10.2. The number of sulfonamides is 1. The quantitative estimate of drug-likeness (QED) is 0.710. The number of methoxy groups -OCH3 is 1. The Labute approximate surface area is 150 Å². The number of anilines is 2. The fourth-order valence-electron chi connectivity index (χ4n) is 2.34. The number of nitriles is 1. The molecule has 0 saturated heterocycles.